The molecule has 3 aromatic rings. The fourth-order valence-electron chi connectivity index (χ4n) is 2.33. The number of benzene rings is 1. The van der Waals surface area contributed by atoms with Crippen molar-refractivity contribution in [2.75, 3.05) is 10.5 Å². The van der Waals surface area contributed by atoms with Gasteiger partial charge in [-0.05, 0) is 51.1 Å². The second kappa shape index (κ2) is 7.12. The zero-order valence-electron chi connectivity index (χ0n) is 14.7. The minimum atomic E-state index is -3.30. The van der Waals surface area contributed by atoms with Crippen LogP contribution >= 0.6 is 0 Å². The Kier molecular flexibility index (Phi) is 4.90. The highest BCUT2D eigenvalue weighted by Gasteiger charge is 2.09. The summed E-state index contributed by atoms with van der Waals surface area (Å²) in [6, 6.07) is 10.2. The molecule has 136 valence electrons. The molecule has 0 aliphatic rings. The van der Waals surface area contributed by atoms with Crippen LogP contribution in [0.1, 0.15) is 18.3 Å². The fraction of sp³-hybridized carbons (Fsp3) is 0.235. The van der Waals surface area contributed by atoms with Crippen LogP contribution in [0.5, 0.6) is 11.6 Å². The van der Waals surface area contributed by atoms with Crippen molar-refractivity contribution in [3.63, 3.8) is 0 Å². The van der Waals surface area contributed by atoms with Crippen molar-refractivity contribution < 1.29 is 13.2 Å². The maximum Gasteiger partial charge on any atom is 0.232 e. The van der Waals surface area contributed by atoms with Crippen LogP contribution < -0.4 is 9.46 Å². The molecule has 0 spiro atoms. The van der Waals surface area contributed by atoms with E-state index in [4.69, 9.17) is 4.74 Å². The van der Waals surface area contributed by atoms with Crippen molar-refractivity contribution in [3.05, 3.63) is 54.1 Å². The first-order valence-electron chi connectivity index (χ1n) is 8.00. The van der Waals surface area contributed by atoms with Crippen molar-refractivity contribution in [2.45, 2.75) is 20.8 Å². The standard InChI is InChI=1S/C17H19N5O3S/c1-4-26(23,24)21-14-5-7-15(8-6-14)25-17-10-16(18-11-19-17)22-13(3)9-12(2)20-22/h5-11,21H,4H2,1-3H3. The van der Waals surface area contributed by atoms with Crippen LogP contribution in [0.3, 0.4) is 0 Å². The molecule has 9 heteroatoms. The van der Waals surface area contributed by atoms with Crippen LogP contribution in [-0.4, -0.2) is 33.9 Å². The zero-order chi connectivity index (χ0) is 18.7. The number of aryl methyl sites for hydroxylation is 2. The quantitative estimate of drug-likeness (QED) is 0.713. The maximum absolute atomic E-state index is 11.6. The highest BCUT2D eigenvalue weighted by molar-refractivity contribution is 7.92. The molecule has 0 fully saturated rings. The van der Waals surface area contributed by atoms with Crippen LogP contribution in [0.15, 0.2) is 42.7 Å². The average Bonchev–Trinajstić information content (AvgIpc) is 2.95. The van der Waals surface area contributed by atoms with Gasteiger partial charge < -0.3 is 4.74 Å². The summed E-state index contributed by atoms with van der Waals surface area (Å²) in [7, 11) is -3.30. The van der Waals surface area contributed by atoms with E-state index in [0.717, 1.165) is 11.4 Å². The molecule has 0 atom stereocenters. The Balaban J connectivity index is 1.77. The van der Waals surface area contributed by atoms with Gasteiger partial charge in [0.05, 0.1) is 11.4 Å². The molecule has 1 N–H and O–H groups in total. The molecule has 0 amide bonds. The number of hydrogen-bond donors (Lipinski definition) is 1. The van der Waals surface area contributed by atoms with Gasteiger partial charge in [-0.3, -0.25) is 4.72 Å². The third-order valence-corrected chi connectivity index (χ3v) is 4.89. The Bertz CT molecular complexity index is 1010. The number of aromatic nitrogens is 4. The van der Waals surface area contributed by atoms with E-state index in [0.29, 0.717) is 23.1 Å². The number of rotatable bonds is 6. The predicted octanol–water partition coefficient (Wildman–Crippen LogP) is 2.83. The molecule has 3 rings (SSSR count). The molecule has 0 aliphatic heterocycles. The average molecular weight is 373 g/mol. The Morgan fingerprint density at radius 3 is 2.46 bits per heavy atom. The van der Waals surface area contributed by atoms with Crippen LogP contribution in [-0.2, 0) is 10.0 Å². The van der Waals surface area contributed by atoms with Gasteiger partial charge in [-0.1, -0.05) is 0 Å². The van der Waals surface area contributed by atoms with E-state index in [1.165, 1.54) is 6.33 Å². The van der Waals surface area contributed by atoms with E-state index in [9.17, 15) is 8.42 Å². The number of nitrogens with one attached hydrogen (secondary N) is 1. The number of sulfonamides is 1. The Labute approximate surface area is 151 Å². The molecule has 0 radical (unpaired) electrons. The van der Waals surface area contributed by atoms with E-state index in [1.807, 2.05) is 19.9 Å². The summed E-state index contributed by atoms with van der Waals surface area (Å²) >= 11 is 0. The lowest BCUT2D eigenvalue weighted by Crippen LogP contribution is -2.14. The lowest BCUT2D eigenvalue weighted by atomic mass is 10.3. The largest absolute Gasteiger partial charge is 0.439 e. The van der Waals surface area contributed by atoms with Gasteiger partial charge in [-0.25, -0.2) is 23.1 Å². The first kappa shape index (κ1) is 17.9. The van der Waals surface area contributed by atoms with Gasteiger partial charge in [0.15, 0.2) is 5.82 Å². The third kappa shape index (κ3) is 4.17. The molecular formula is C17H19N5O3S. The minimum absolute atomic E-state index is 0.0152. The topological polar surface area (TPSA) is 99.0 Å². The first-order valence-corrected chi connectivity index (χ1v) is 9.65. The highest BCUT2D eigenvalue weighted by atomic mass is 32.2. The summed E-state index contributed by atoms with van der Waals surface area (Å²) in [4.78, 5) is 8.33. The number of anilines is 1. The van der Waals surface area contributed by atoms with Gasteiger partial charge in [0, 0.05) is 17.4 Å². The molecular weight excluding hydrogens is 354 g/mol. The smallest absolute Gasteiger partial charge is 0.232 e. The molecule has 0 saturated heterocycles. The van der Waals surface area contributed by atoms with Crippen LogP contribution in [0, 0.1) is 13.8 Å². The molecule has 8 nitrogen and oxygen atoms in total. The number of nitrogens with zero attached hydrogens (tertiary/aromatic N) is 4. The van der Waals surface area contributed by atoms with E-state index >= 15 is 0 Å². The van der Waals surface area contributed by atoms with E-state index in [1.54, 1.807) is 41.9 Å². The summed E-state index contributed by atoms with van der Waals surface area (Å²) in [6.45, 7) is 5.43. The molecule has 0 bridgehead atoms. The van der Waals surface area contributed by atoms with Crippen molar-refractivity contribution in [1.82, 2.24) is 19.7 Å². The molecule has 2 heterocycles. The Hall–Kier alpha value is -2.94. The second-order valence-electron chi connectivity index (χ2n) is 5.69. The van der Waals surface area contributed by atoms with Crippen molar-refractivity contribution in [2.24, 2.45) is 0 Å². The third-order valence-electron chi connectivity index (χ3n) is 3.58. The molecule has 26 heavy (non-hydrogen) atoms. The zero-order valence-corrected chi connectivity index (χ0v) is 15.5. The van der Waals surface area contributed by atoms with E-state index in [2.05, 4.69) is 19.8 Å². The first-order chi connectivity index (χ1) is 12.4. The maximum atomic E-state index is 11.6. The Morgan fingerprint density at radius 1 is 1.12 bits per heavy atom. The van der Waals surface area contributed by atoms with Gasteiger partial charge in [-0.2, -0.15) is 5.10 Å². The Morgan fingerprint density at radius 2 is 1.85 bits per heavy atom. The van der Waals surface area contributed by atoms with Gasteiger partial charge in [-0.15, -0.1) is 0 Å². The summed E-state index contributed by atoms with van der Waals surface area (Å²) in [5.41, 5.74) is 2.33. The SMILES string of the molecule is CCS(=O)(=O)Nc1ccc(Oc2cc(-n3nc(C)cc3C)ncn2)cc1. The number of hydrogen-bond acceptors (Lipinski definition) is 6. The van der Waals surface area contributed by atoms with Crippen LogP contribution in [0.4, 0.5) is 5.69 Å². The molecule has 0 saturated carbocycles. The van der Waals surface area contributed by atoms with Crippen LogP contribution in [0.2, 0.25) is 0 Å². The summed E-state index contributed by atoms with van der Waals surface area (Å²) < 4.78 is 33.1. The molecule has 0 aliphatic carbocycles. The van der Waals surface area contributed by atoms with Crippen molar-refractivity contribution in [3.8, 4) is 17.4 Å². The van der Waals surface area contributed by atoms with Crippen molar-refractivity contribution >= 4 is 15.7 Å². The lowest BCUT2D eigenvalue weighted by molar-refractivity contribution is 0.460. The summed E-state index contributed by atoms with van der Waals surface area (Å²) in [5.74, 6) is 1.52. The molecule has 0 unspecified atom stereocenters. The van der Waals surface area contributed by atoms with E-state index in [-0.39, 0.29) is 5.75 Å². The molecule has 2 aromatic heterocycles. The predicted molar refractivity (Wildman–Crippen MR) is 98.2 cm³/mol. The van der Waals surface area contributed by atoms with Gasteiger partial charge in [0.2, 0.25) is 15.9 Å². The fourth-order valence-corrected chi connectivity index (χ4v) is 2.97. The normalized spacial score (nSPS) is 11.3. The summed E-state index contributed by atoms with van der Waals surface area (Å²) in [5, 5.41) is 4.39. The summed E-state index contributed by atoms with van der Waals surface area (Å²) in [6.07, 6.45) is 1.41. The van der Waals surface area contributed by atoms with Gasteiger partial charge >= 0.3 is 0 Å². The van der Waals surface area contributed by atoms with Gasteiger partial charge in [0.25, 0.3) is 0 Å². The lowest BCUT2D eigenvalue weighted by Gasteiger charge is -2.09. The van der Waals surface area contributed by atoms with Crippen molar-refractivity contribution in [1.29, 1.82) is 0 Å². The van der Waals surface area contributed by atoms with Crippen LogP contribution in [0.25, 0.3) is 5.82 Å². The van der Waals surface area contributed by atoms with Gasteiger partial charge in [0.1, 0.15) is 12.1 Å². The monoisotopic (exact) mass is 373 g/mol. The second-order valence-corrected chi connectivity index (χ2v) is 7.70. The van der Waals surface area contributed by atoms with E-state index < -0.39 is 10.0 Å². The number of ether oxygens (including phenoxy) is 1. The molecule has 1 aromatic carbocycles. The highest BCUT2D eigenvalue weighted by Crippen LogP contribution is 2.23. The minimum Gasteiger partial charge on any atom is -0.439 e.